The first-order valence-electron chi connectivity index (χ1n) is 41.3. The minimum atomic E-state index is 0.0510. The standard InChI is InChI=1S/2C13H15NO.2C12H13N.C11H12N2.C11H13NO.C10H12N2S.C10H12N2.C10H11NS/c1-9(2)11-5-4-6-13-12(11)7-10(15-3)8-14-13;1-9(2)11-4-3-5-13-12(11)6-10(8-15)7-14-13;1-9(2)10-5-3-7-12-11(10)6-4-8-13-12;1-9(2)11-5-3-4-10-8-13-7-6-12(10)11;1-8(2)9-4-3-5-11-10(9)6-12-7-13-11;1-7(2)9-5-4-6-10-11(9)13-8(3)12-10;1-6(2)7-4-3-5-8-9(7)13-10(11)12-8;1-8(2)9-4-3-5-10-11-6-7-12(9)10;1-7(2)8-4-3-5-9-10(8)12-6-11-9/h4-9H,1-3H3;3-7,9,15H,8H2,1-2H3;2*3-9H,1-2H3;3-8H,1-2H3;4-7H,1-3H3;3-6H,1-2H3,(H2,11,12);3-8H,1-2H3;3-7H,1-2H3. The number of hydrogen-bond acceptors (Lipinski definition) is 16. The van der Waals surface area contributed by atoms with Crippen molar-refractivity contribution in [2.45, 2.75) is 191 Å². The highest BCUT2D eigenvalue weighted by Crippen LogP contribution is 2.34. The van der Waals surface area contributed by atoms with Gasteiger partial charge in [0.2, 0.25) is 0 Å². The van der Waals surface area contributed by atoms with Gasteiger partial charge in [0.15, 0.2) is 16.6 Å². The summed E-state index contributed by atoms with van der Waals surface area (Å²) in [4.78, 5) is 42.4. The minimum absolute atomic E-state index is 0.0510. The van der Waals surface area contributed by atoms with E-state index in [0.717, 1.165) is 72.4 Å². The molecule has 0 fully saturated rings. The Morgan fingerprint density at radius 2 is 0.891 bits per heavy atom. The molecule has 0 saturated heterocycles. The van der Waals surface area contributed by atoms with Crippen LogP contribution in [0.3, 0.4) is 0 Å². The number of oxazole rings is 1. The average molecular weight is 1620 g/mol. The van der Waals surface area contributed by atoms with Crippen molar-refractivity contribution in [2.75, 3.05) is 12.8 Å². The summed E-state index contributed by atoms with van der Waals surface area (Å²) in [7, 11) is 1.67. The van der Waals surface area contributed by atoms with Gasteiger partial charge in [-0.05, 0) is 188 Å². The summed E-state index contributed by atoms with van der Waals surface area (Å²) in [5, 5.41) is 17.1. The number of aromatic nitrogens is 11. The van der Waals surface area contributed by atoms with Crippen LogP contribution in [0.5, 0.6) is 5.75 Å². The monoisotopic (exact) mass is 1620 g/mol. The number of nitrogens with zero attached hydrogens (tertiary/aromatic N) is 11. The number of para-hydroxylation sites is 1. The van der Waals surface area contributed by atoms with E-state index in [9.17, 15) is 0 Å². The molecule has 18 rings (SSSR count). The van der Waals surface area contributed by atoms with Crippen LogP contribution in [0.25, 0.3) is 91.6 Å². The molecule has 0 radical (unpaired) electrons. The van der Waals surface area contributed by atoms with Gasteiger partial charge in [0.05, 0.1) is 67.9 Å². The van der Waals surface area contributed by atoms with Crippen molar-refractivity contribution in [2.24, 2.45) is 0 Å². The highest BCUT2D eigenvalue weighted by Gasteiger charge is 2.15. The summed E-state index contributed by atoms with van der Waals surface area (Å²) in [6.07, 6.45) is 16.4. The maximum atomic E-state index is 9.09. The largest absolute Gasteiger partial charge is 0.495 e. The minimum Gasteiger partial charge on any atom is -0.495 e. The Balaban J connectivity index is 0.000000141. The van der Waals surface area contributed by atoms with E-state index in [0.29, 0.717) is 58.4 Å². The number of ether oxygens (including phenoxy) is 1. The van der Waals surface area contributed by atoms with Gasteiger partial charge in [-0.15, -0.1) is 11.3 Å². The number of pyridine rings is 5. The molecule has 0 bridgehead atoms. The van der Waals surface area contributed by atoms with Gasteiger partial charge in [0.25, 0.3) is 0 Å². The molecule has 15 nitrogen and oxygen atoms in total. The Morgan fingerprint density at radius 3 is 1.48 bits per heavy atom. The van der Waals surface area contributed by atoms with E-state index in [1.165, 1.54) is 86.5 Å². The van der Waals surface area contributed by atoms with Gasteiger partial charge in [0.1, 0.15) is 23.2 Å². The molecule has 0 spiro atoms. The third-order valence-corrected chi connectivity index (χ3v) is 22.2. The number of rotatable bonds is 11. The van der Waals surface area contributed by atoms with Gasteiger partial charge < -0.3 is 24.4 Å². The van der Waals surface area contributed by atoms with E-state index < -0.39 is 0 Å². The van der Waals surface area contributed by atoms with Crippen LogP contribution < -0.4 is 10.5 Å². The molecule has 0 amide bonds. The maximum absolute atomic E-state index is 9.09. The first-order valence-corrected chi connectivity index (χ1v) is 43.0. The number of anilines is 1. The fraction of sp³-hybridized carbons (Fsp3) is 0.294. The number of methoxy groups -OCH3 is 1. The second-order valence-electron chi connectivity index (χ2n) is 32.1. The molecule has 119 heavy (non-hydrogen) atoms. The molecule has 0 aliphatic rings. The Morgan fingerprint density at radius 1 is 0.395 bits per heavy atom. The lowest BCUT2D eigenvalue weighted by atomic mass is 9.97. The Bertz CT molecular complexity index is 5790. The predicted octanol–water partition coefficient (Wildman–Crippen LogP) is 27.8. The number of imidazole rings is 1. The normalized spacial score (nSPS) is 11.1. The fourth-order valence-electron chi connectivity index (χ4n) is 14.2. The third-order valence-electron chi connectivity index (χ3n) is 20.4. The summed E-state index contributed by atoms with van der Waals surface area (Å²) in [5.74, 6) is 6.34. The molecule has 0 aliphatic heterocycles. The first kappa shape index (κ1) is 89.6. The number of aryl methyl sites for hydroxylation is 1. The second-order valence-corrected chi connectivity index (χ2v) is 34.0. The number of benzene rings is 8. The van der Waals surface area contributed by atoms with Crippen LogP contribution in [0.4, 0.5) is 5.13 Å². The maximum Gasteiger partial charge on any atom is 0.192 e. The lowest BCUT2D eigenvalue weighted by Gasteiger charge is -2.10. The van der Waals surface area contributed by atoms with Crippen LogP contribution in [-0.2, 0) is 6.61 Å². The van der Waals surface area contributed by atoms with Crippen molar-refractivity contribution in [3.63, 3.8) is 0 Å². The van der Waals surface area contributed by atoms with Gasteiger partial charge in [-0.2, -0.15) is 0 Å². The molecule has 0 atom stereocenters. The molecule has 3 N–H and O–H groups in total. The first-order chi connectivity index (χ1) is 57.2. The zero-order chi connectivity index (χ0) is 85.4. The Labute approximate surface area is 710 Å². The quantitative estimate of drug-likeness (QED) is 0.124. The third kappa shape index (κ3) is 23.6. The van der Waals surface area contributed by atoms with Crippen molar-refractivity contribution < 1.29 is 14.3 Å². The fourth-order valence-corrected chi connectivity index (χ4v) is 16.1. The van der Waals surface area contributed by atoms with E-state index in [-0.39, 0.29) is 6.61 Å². The topological polar surface area (TPSA) is 202 Å². The van der Waals surface area contributed by atoms with E-state index in [1.807, 2.05) is 122 Å². The highest BCUT2D eigenvalue weighted by atomic mass is 32.1. The molecule has 614 valence electrons. The van der Waals surface area contributed by atoms with Crippen LogP contribution in [0.1, 0.15) is 240 Å². The second kappa shape index (κ2) is 43.1. The number of hydrogen-bond donors (Lipinski definition) is 2. The number of aliphatic hydroxyl groups excluding tert-OH is 1. The molecule has 0 saturated carbocycles. The zero-order valence-corrected chi connectivity index (χ0v) is 74.4. The van der Waals surface area contributed by atoms with Crippen molar-refractivity contribution >= 4 is 119 Å². The molecule has 10 aromatic heterocycles. The summed E-state index contributed by atoms with van der Waals surface area (Å²) in [6, 6.07) is 66.4. The van der Waals surface area contributed by atoms with E-state index >= 15 is 0 Å². The average Bonchev–Trinajstić information content (AvgIpc) is 1.77. The molecular weight excluding hydrogens is 1510 g/mol. The summed E-state index contributed by atoms with van der Waals surface area (Å²) in [5.41, 5.74) is 29.7. The smallest absolute Gasteiger partial charge is 0.192 e. The summed E-state index contributed by atoms with van der Waals surface area (Å²) < 4.78 is 15.4. The lowest BCUT2D eigenvalue weighted by Crippen LogP contribution is -1.96. The van der Waals surface area contributed by atoms with Crippen molar-refractivity contribution in [1.29, 1.82) is 0 Å². The summed E-state index contributed by atoms with van der Waals surface area (Å²) >= 11 is 3.30. The van der Waals surface area contributed by atoms with Crippen molar-refractivity contribution in [1.82, 2.24) is 54.2 Å². The van der Waals surface area contributed by atoms with Gasteiger partial charge in [-0.3, -0.25) is 19.9 Å². The van der Waals surface area contributed by atoms with E-state index in [2.05, 4.69) is 300 Å². The van der Waals surface area contributed by atoms with Crippen molar-refractivity contribution in [3.05, 3.63) is 317 Å². The number of nitrogens with two attached hydrogens (primary N) is 1. The van der Waals surface area contributed by atoms with Crippen LogP contribution in [0.2, 0.25) is 0 Å². The highest BCUT2D eigenvalue weighted by molar-refractivity contribution is 7.22. The van der Waals surface area contributed by atoms with Gasteiger partial charge in [-0.25, -0.2) is 29.9 Å². The molecule has 17 heteroatoms. The molecular formula is C102H116N12O3S2. The number of thiazole rings is 2. The SMILES string of the molecule is CC(C)c1cccc2cnccc12.CC(C)c1cccc2nc(N)sc12.CC(C)c1cccc2ncc(CO)cc12.CC(C)c1cccc2ncccc12.CC(C)c1cccc2nccn12.CC(C)c1cccc2ncncc12.CC(C)c1cccc2ncsc12.COc1cnc2cccc(C(C)C)c2c1.Cc1nc2cccc(C(C)C)c2o1. The Hall–Kier alpha value is -11.8. The number of nitrogen functional groups attached to an aromatic ring is 1. The van der Waals surface area contributed by atoms with Gasteiger partial charge in [-0.1, -0.05) is 251 Å². The number of aliphatic hydroxyl groups is 1. The van der Waals surface area contributed by atoms with Crippen LogP contribution in [0, 0.1) is 6.92 Å². The molecule has 0 unspecified atom stereocenters. The molecule has 0 aliphatic carbocycles. The Kier molecular flexibility index (Phi) is 32.4. The predicted molar refractivity (Wildman–Crippen MR) is 503 cm³/mol. The zero-order valence-electron chi connectivity index (χ0n) is 72.7. The molecule has 10 heterocycles. The van der Waals surface area contributed by atoms with Crippen LogP contribution in [-0.4, -0.2) is 66.5 Å². The molecule has 8 aromatic carbocycles. The lowest BCUT2D eigenvalue weighted by molar-refractivity contribution is 0.281. The van der Waals surface area contributed by atoms with Crippen LogP contribution >= 0.6 is 22.7 Å². The number of fused-ring (bicyclic) bond motifs is 9. The summed E-state index contributed by atoms with van der Waals surface area (Å²) in [6.45, 7) is 41.4. The molecule has 18 aromatic rings. The van der Waals surface area contributed by atoms with E-state index in [4.69, 9.17) is 20.0 Å². The van der Waals surface area contributed by atoms with Gasteiger partial charge in [0, 0.05) is 82.9 Å². The van der Waals surface area contributed by atoms with Crippen LogP contribution in [0.15, 0.2) is 260 Å². The van der Waals surface area contributed by atoms with E-state index in [1.54, 1.807) is 48.5 Å². The van der Waals surface area contributed by atoms with Gasteiger partial charge >= 0.3 is 0 Å². The van der Waals surface area contributed by atoms with Crippen molar-refractivity contribution in [3.8, 4) is 5.75 Å².